The highest BCUT2D eigenvalue weighted by Gasteiger charge is 2.29. The van der Waals surface area contributed by atoms with E-state index < -0.39 is 26.9 Å². The number of sulfonamides is 1. The van der Waals surface area contributed by atoms with Crippen molar-refractivity contribution in [3.05, 3.63) is 70.3 Å². The number of rotatable bonds is 9. The van der Waals surface area contributed by atoms with Crippen molar-refractivity contribution < 1.29 is 18.1 Å². The van der Waals surface area contributed by atoms with Crippen LogP contribution in [0, 0.1) is 21.4 Å². The minimum absolute atomic E-state index is 0. The van der Waals surface area contributed by atoms with Crippen molar-refractivity contribution in [2.24, 2.45) is 11.7 Å². The van der Waals surface area contributed by atoms with Gasteiger partial charge in [0.15, 0.2) is 5.96 Å². The molecule has 2 aromatic carbocycles. The summed E-state index contributed by atoms with van der Waals surface area (Å²) >= 11 is 1.11. The SMILES string of the molecule is Cl.N=C(N)N1CCCC(CNC(=O)[C@@H](Cc2ccc([N+](=O)[O-])cc2)NS(=O)(=O)c2cc3ccccc3s2)C1. The Labute approximate surface area is 230 Å². The lowest BCUT2D eigenvalue weighted by Gasteiger charge is -2.33. The third-order valence-corrected chi connectivity index (χ3v) is 9.35. The van der Waals surface area contributed by atoms with Crippen LogP contribution in [0.4, 0.5) is 5.69 Å². The number of carbonyl (C=O) groups is 1. The molecule has 0 aliphatic carbocycles. The van der Waals surface area contributed by atoms with Gasteiger partial charge in [-0.2, -0.15) is 4.72 Å². The molecule has 38 heavy (non-hydrogen) atoms. The number of nitro benzene ring substituents is 1. The number of hydrogen-bond acceptors (Lipinski definition) is 7. The minimum atomic E-state index is -4.02. The maximum Gasteiger partial charge on any atom is 0.269 e. The molecule has 1 aliphatic rings. The summed E-state index contributed by atoms with van der Waals surface area (Å²) in [7, 11) is -4.02. The first-order chi connectivity index (χ1) is 17.6. The molecule has 1 fully saturated rings. The highest BCUT2D eigenvalue weighted by Crippen LogP contribution is 2.29. The molecule has 3 aromatic rings. The lowest BCUT2D eigenvalue weighted by Crippen LogP contribution is -2.50. The Bertz CT molecular complexity index is 1380. The summed E-state index contributed by atoms with van der Waals surface area (Å²) in [5.41, 5.74) is 6.09. The molecule has 1 aliphatic heterocycles. The Hall–Kier alpha value is -3.26. The number of guanidine groups is 1. The maximum absolute atomic E-state index is 13.3. The van der Waals surface area contributed by atoms with E-state index in [0.29, 0.717) is 25.2 Å². The van der Waals surface area contributed by atoms with Gasteiger partial charge in [-0.25, -0.2) is 8.42 Å². The van der Waals surface area contributed by atoms with Crippen molar-refractivity contribution in [1.29, 1.82) is 5.41 Å². The van der Waals surface area contributed by atoms with Crippen molar-refractivity contribution in [1.82, 2.24) is 14.9 Å². The molecular formula is C24H29ClN6O5S2. The fourth-order valence-corrected chi connectivity index (χ4v) is 6.94. The Morgan fingerprint density at radius 3 is 2.61 bits per heavy atom. The zero-order valence-electron chi connectivity index (χ0n) is 20.3. The predicted octanol–water partition coefficient (Wildman–Crippen LogP) is 2.84. The second-order valence-electron chi connectivity index (χ2n) is 8.99. The summed E-state index contributed by atoms with van der Waals surface area (Å²) in [5.74, 6) is -0.438. The van der Waals surface area contributed by atoms with Gasteiger partial charge in [0.25, 0.3) is 15.7 Å². The van der Waals surface area contributed by atoms with Crippen molar-refractivity contribution in [3.63, 3.8) is 0 Å². The molecule has 2 atom stereocenters. The molecule has 2 heterocycles. The van der Waals surface area contributed by atoms with Crippen LogP contribution in [0.2, 0.25) is 0 Å². The second kappa shape index (κ2) is 12.5. The van der Waals surface area contributed by atoms with Gasteiger partial charge in [-0.15, -0.1) is 23.7 Å². The Kier molecular flexibility index (Phi) is 9.66. The van der Waals surface area contributed by atoms with Gasteiger partial charge in [0.1, 0.15) is 10.3 Å². The van der Waals surface area contributed by atoms with Crippen LogP contribution in [0.15, 0.2) is 58.8 Å². The van der Waals surface area contributed by atoms with Gasteiger partial charge < -0.3 is 16.0 Å². The van der Waals surface area contributed by atoms with Crippen molar-refractivity contribution in [2.75, 3.05) is 19.6 Å². The van der Waals surface area contributed by atoms with Gasteiger partial charge in [0, 0.05) is 36.5 Å². The van der Waals surface area contributed by atoms with Crippen molar-refractivity contribution in [3.8, 4) is 0 Å². The van der Waals surface area contributed by atoms with Gasteiger partial charge in [0.2, 0.25) is 5.91 Å². The summed E-state index contributed by atoms with van der Waals surface area (Å²) in [6.45, 7) is 1.54. The van der Waals surface area contributed by atoms with E-state index >= 15 is 0 Å². The van der Waals surface area contributed by atoms with Gasteiger partial charge in [0.05, 0.1) is 4.92 Å². The standard InChI is InChI=1S/C24H28N6O5S2.ClH/c25-24(26)29-11-3-4-17(15-29)14-27-23(31)20(12-16-7-9-19(10-8-16)30(32)33)28-37(34,35)22-13-18-5-1-2-6-21(18)36-22;/h1-2,5-10,13,17,20,28H,3-4,11-12,14-15H2,(H3,25,26)(H,27,31);1H/t17?,20-;/m1./s1. The molecule has 0 radical (unpaired) electrons. The average molecular weight is 581 g/mol. The van der Waals surface area contributed by atoms with Crippen LogP contribution in [-0.4, -0.2) is 55.8 Å². The lowest BCUT2D eigenvalue weighted by molar-refractivity contribution is -0.384. The van der Waals surface area contributed by atoms with Gasteiger partial charge in [-0.05, 0) is 48.3 Å². The minimum Gasteiger partial charge on any atom is -0.370 e. The predicted molar refractivity (Wildman–Crippen MR) is 149 cm³/mol. The summed E-state index contributed by atoms with van der Waals surface area (Å²) in [6.07, 6.45) is 1.70. The summed E-state index contributed by atoms with van der Waals surface area (Å²) in [6, 6.07) is 13.4. The van der Waals surface area contributed by atoms with E-state index in [1.54, 1.807) is 11.0 Å². The zero-order chi connectivity index (χ0) is 26.6. The first-order valence-electron chi connectivity index (χ1n) is 11.7. The van der Waals surface area contributed by atoms with E-state index in [0.717, 1.165) is 34.3 Å². The first-order valence-corrected chi connectivity index (χ1v) is 14.0. The number of piperidine rings is 1. The fraction of sp³-hybridized carbons (Fsp3) is 0.333. The molecule has 14 heteroatoms. The van der Waals surface area contributed by atoms with Crippen LogP contribution in [-0.2, 0) is 21.2 Å². The van der Waals surface area contributed by atoms with E-state index in [-0.39, 0.29) is 40.6 Å². The molecule has 1 amide bonds. The quantitative estimate of drug-likeness (QED) is 0.130. The molecule has 1 unspecified atom stereocenters. The number of halogens is 1. The molecule has 5 N–H and O–H groups in total. The number of thiophene rings is 1. The van der Waals surface area contributed by atoms with E-state index in [1.807, 2.05) is 24.3 Å². The molecule has 11 nitrogen and oxygen atoms in total. The third-order valence-electron chi connectivity index (χ3n) is 6.29. The Morgan fingerprint density at radius 1 is 1.24 bits per heavy atom. The number of carbonyl (C=O) groups excluding carboxylic acids is 1. The number of likely N-dealkylation sites (tertiary alicyclic amines) is 1. The van der Waals surface area contributed by atoms with E-state index in [2.05, 4.69) is 10.0 Å². The average Bonchev–Trinajstić information content (AvgIpc) is 3.33. The number of nitrogens with two attached hydrogens (primary N) is 1. The molecule has 1 aromatic heterocycles. The van der Waals surface area contributed by atoms with Crippen molar-refractivity contribution in [2.45, 2.75) is 29.5 Å². The van der Waals surface area contributed by atoms with Crippen LogP contribution in [0.5, 0.6) is 0 Å². The molecular weight excluding hydrogens is 552 g/mol. The highest BCUT2D eigenvalue weighted by atomic mass is 35.5. The van der Waals surface area contributed by atoms with E-state index in [1.165, 1.54) is 24.3 Å². The van der Waals surface area contributed by atoms with Crippen LogP contribution >= 0.6 is 23.7 Å². The number of amides is 1. The van der Waals surface area contributed by atoms with Crippen LogP contribution < -0.4 is 15.8 Å². The summed E-state index contributed by atoms with van der Waals surface area (Å²) < 4.78 is 30.0. The van der Waals surface area contributed by atoms with E-state index in [9.17, 15) is 23.3 Å². The molecule has 0 saturated carbocycles. The molecule has 204 valence electrons. The van der Waals surface area contributed by atoms with Crippen LogP contribution in [0.1, 0.15) is 18.4 Å². The van der Waals surface area contributed by atoms with Gasteiger partial charge in [-0.3, -0.25) is 20.3 Å². The van der Waals surface area contributed by atoms with Crippen LogP contribution in [0.3, 0.4) is 0 Å². The van der Waals surface area contributed by atoms with Gasteiger partial charge >= 0.3 is 0 Å². The summed E-state index contributed by atoms with van der Waals surface area (Å²) in [4.78, 5) is 25.5. The van der Waals surface area contributed by atoms with Gasteiger partial charge in [-0.1, -0.05) is 30.3 Å². The van der Waals surface area contributed by atoms with Crippen molar-refractivity contribution >= 4 is 61.4 Å². The zero-order valence-corrected chi connectivity index (χ0v) is 22.8. The van der Waals surface area contributed by atoms with E-state index in [4.69, 9.17) is 11.1 Å². The summed E-state index contributed by atoms with van der Waals surface area (Å²) in [5, 5.41) is 22.3. The Morgan fingerprint density at radius 2 is 1.95 bits per heavy atom. The number of nitro groups is 1. The Balaban J connectivity index is 0.00000400. The normalized spacial score (nSPS) is 16.4. The third kappa shape index (κ3) is 7.19. The monoisotopic (exact) mass is 580 g/mol. The largest absolute Gasteiger partial charge is 0.370 e. The maximum atomic E-state index is 13.3. The number of nitrogens with one attached hydrogen (secondary N) is 3. The number of nitrogens with zero attached hydrogens (tertiary/aromatic N) is 2. The number of hydrogen-bond donors (Lipinski definition) is 4. The highest BCUT2D eigenvalue weighted by molar-refractivity contribution is 7.91. The molecule has 1 saturated heterocycles. The van der Waals surface area contributed by atoms with Crippen LogP contribution in [0.25, 0.3) is 10.1 Å². The molecule has 0 spiro atoms. The number of non-ortho nitro benzene ring substituents is 1. The number of fused-ring (bicyclic) bond motifs is 1. The molecule has 4 rings (SSSR count). The smallest absolute Gasteiger partial charge is 0.269 e. The first kappa shape index (κ1) is 29.3. The fourth-order valence-electron chi connectivity index (χ4n) is 4.33. The number of benzene rings is 2. The topological polar surface area (TPSA) is 172 Å². The lowest BCUT2D eigenvalue weighted by atomic mass is 9.98. The second-order valence-corrected chi connectivity index (χ2v) is 12.0. The molecule has 0 bridgehead atoms.